The highest BCUT2D eigenvalue weighted by Crippen LogP contribution is 2.26. The Hall–Kier alpha value is -2.08. The second-order valence-corrected chi connectivity index (χ2v) is 4.86. The van der Waals surface area contributed by atoms with E-state index >= 15 is 0 Å². The smallest absolute Gasteiger partial charge is 0.153 e. The fourth-order valence-corrected chi connectivity index (χ4v) is 2.32. The van der Waals surface area contributed by atoms with Crippen LogP contribution in [0.15, 0.2) is 24.7 Å². The summed E-state index contributed by atoms with van der Waals surface area (Å²) in [6.07, 6.45) is 3.38. The highest BCUT2D eigenvalue weighted by Gasteiger charge is 2.28. The van der Waals surface area contributed by atoms with Gasteiger partial charge >= 0.3 is 0 Å². The average molecular weight is 271 g/mol. The molecule has 0 saturated carbocycles. The quantitative estimate of drug-likeness (QED) is 0.824. The molecule has 0 unspecified atom stereocenters. The van der Waals surface area contributed by atoms with Crippen LogP contribution in [0, 0.1) is 13.8 Å². The summed E-state index contributed by atoms with van der Waals surface area (Å²) in [5, 5.41) is 0. The molecule has 1 fully saturated rings. The molecular weight excluding hydrogens is 254 g/mol. The van der Waals surface area contributed by atoms with Gasteiger partial charge in [-0.15, -0.1) is 0 Å². The molecule has 20 heavy (non-hydrogen) atoms. The number of morpholine rings is 1. The Balaban J connectivity index is 1.95. The molecule has 2 aromatic heterocycles. The number of aryl methyl sites for hydroxylation is 2. The number of aromatic nitrogens is 4. The Labute approximate surface area is 117 Å². The summed E-state index contributed by atoms with van der Waals surface area (Å²) in [6, 6.07) is 3.87. The SMILES string of the molecule is Cc1cc(N2CCOC[C@H]2c2nccc(C)n2)ncn1. The van der Waals surface area contributed by atoms with Crippen LogP contribution in [0.25, 0.3) is 0 Å². The Bertz CT molecular complexity index is 550. The monoisotopic (exact) mass is 271 g/mol. The van der Waals surface area contributed by atoms with E-state index in [1.165, 1.54) is 0 Å². The number of nitrogens with zero attached hydrogens (tertiary/aromatic N) is 5. The van der Waals surface area contributed by atoms with E-state index in [9.17, 15) is 0 Å². The summed E-state index contributed by atoms with van der Waals surface area (Å²) in [6.45, 7) is 5.97. The van der Waals surface area contributed by atoms with E-state index in [2.05, 4.69) is 24.8 Å². The number of hydrogen-bond donors (Lipinski definition) is 0. The maximum absolute atomic E-state index is 5.59. The van der Waals surface area contributed by atoms with Gasteiger partial charge in [0.05, 0.1) is 13.2 Å². The van der Waals surface area contributed by atoms with Crippen LogP contribution in [-0.2, 0) is 4.74 Å². The lowest BCUT2D eigenvalue weighted by atomic mass is 10.2. The molecule has 2 aromatic rings. The van der Waals surface area contributed by atoms with Gasteiger partial charge in [0.15, 0.2) is 5.82 Å². The minimum atomic E-state index is -0.00190. The fraction of sp³-hybridized carbons (Fsp3) is 0.429. The lowest BCUT2D eigenvalue weighted by Crippen LogP contribution is -2.41. The van der Waals surface area contributed by atoms with Crippen LogP contribution in [-0.4, -0.2) is 39.7 Å². The standard InChI is InChI=1S/C14H17N5O/c1-10-3-4-15-14(18-10)12-8-20-6-5-19(12)13-7-11(2)16-9-17-13/h3-4,7,9,12H,5-6,8H2,1-2H3/t12-/m0/s1. The molecule has 0 bridgehead atoms. The molecule has 0 radical (unpaired) electrons. The maximum Gasteiger partial charge on any atom is 0.153 e. The molecular formula is C14H17N5O. The minimum Gasteiger partial charge on any atom is -0.377 e. The molecule has 1 aliphatic rings. The molecule has 1 atom stereocenters. The third kappa shape index (κ3) is 2.60. The molecule has 3 rings (SSSR count). The molecule has 0 aliphatic carbocycles. The molecule has 6 heteroatoms. The van der Waals surface area contributed by atoms with E-state index in [-0.39, 0.29) is 6.04 Å². The van der Waals surface area contributed by atoms with E-state index in [0.29, 0.717) is 13.2 Å². The second-order valence-electron chi connectivity index (χ2n) is 4.86. The van der Waals surface area contributed by atoms with Gasteiger partial charge in [0.2, 0.25) is 0 Å². The lowest BCUT2D eigenvalue weighted by Gasteiger charge is -2.35. The van der Waals surface area contributed by atoms with Crippen molar-refractivity contribution in [2.75, 3.05) is 24.7 Å². The zero-order chi connectivity index (χ0) is 13.9. The van der Waals surface area contributed by atoms with Gasteiger partial charge in [-0.25, -0.2) is 19.9 Å². The molecule has 0 N–H and O–H groups in total. The van der Waals surface area contributed by atoms with Crippen LogP contribution in [0.4, 0.5) is 5.82 Å². The summed E-state index contributed by atoms with van der Waals surface area (Å²) in [5.74, 6) is 1.68. The van der Waals surface area contributed by atoms with Crippen LogP contribution in [0.5, 0.6) is 0 Å². The first-order valence-electron chi connectivity index (χ1n) is 6.66. The largest absolute Gasteiger partial charge is 0.377 e. The van der Waals surface area contributed by atoms with Crippen molar-refractivity contribution in [2.45, 2.75) is 19.9 Å². The van der Waals surface area contributed by atoms with Crippen LogP contribution in [0.3, 0.4) is 0 Å². The first-order valence-corrected chi connectivity index (χ1v) is 6.66. The number of hydrogen-bond acceptors (Lipinski definition) is 6. The summed E-state index contributed by atoms with van der Waals surface area (Å²) in [7, 11) is 0. The molecule has 104 valence electrons. The van der Waals surface area contributed by atoms with E-state index in [1.54, 1.807) is 12.5 Å². The zero-order valence-corrected chi connectivity index (χ0v) is 11.7. The Morgan fingerprint density at radius 1 is 1.20 bits per heavy atom. The van der Waals surface area contributed by atoms with E-state index in [4.69, 9.17) is 4.74 Å². The minimum absolute atomic E-state index is 0.00190. The van der Waals surface area contributed by atoms with Crippen molar-refractivity contribution >= 4 is 5.82 Å². The second kappa shape index (κ2) is 5.50. The van der Waals surface area contributed by atoms with Crippen molar-refractivity contribution in [3.05, 3.63) is 41.9 Å². The highest BCUT2D eigenvalue weighted by molar-refractivity contribution is 5.41. The van der Waals surface area contributed by atoms with Crippen LogP contribution in [0.1, 0.15) is 23.3 Å². The van der Waals surface area contributed by atoms with Crippen LogP contribution < -0.4 is 4.90 Å². The first-order chi connectivity index (χ1) is 9.74. The van der Waals surface area contributed by atoms with Crippen molar-refractivity contribution < 1.29 is 4.74 Å². The zero-order valence-electron chi connectivity index (χ0n) is 11.7. The Kier molecular flexibility index (Phi) is 3.56. The van der Waals surface area contributed by atoms with Gasteiger partial charge in [0, 0.05) is 30.2 Å². The molecule has 6 nitrogen and oxygen atoms in total. The van der Waals surface area contributed by atoms with Gasteiger partial charge in [0.1, 0.15) is 18.2 Å². The van der Waals surface area contributed by atoms with Crippen molar-refractivity contribution in [2.24, 2.45) is 0 Å². The predicted molar refractivity (Wildman–Crippen MR) is 74.4 cm³/mol. The normalized spacial score (nSPS) is 19.1. The topological polar surface area (TPSA) is 64.0 Å². The van der Waals surface area contributed by atoms with Crippen molar-refractivity contribution in [1.82, 2.24) is 19.9 Å². The van der Waals surface area contributed by atoms with Gasteiger partial charge in [-0.2, -0.15) is 0 Å². The van der Waals surface area contributed by atoms with Crippen LogP contribution in [0.2, 0.25) is 0 Å². The van der Waals surface area contributed by atoms with Crippen LogP contribution >= 0.6 is 0 Å². The Morgan fingerprint density at radius 2 is 2.10 bits per heavy atom. The molecule has 0 spiro atoms. The summed E-state index contributed by atoms with van der Waals surface area (Å²) in [5.41, 5.74) is 1.91. The Morgan fingerprint density at radius 3 is 2.90 bits per heavy atom. The number of ether oxygens (including phenoxy) is 1. The highest BCUT2D eigenvalue weighted by atomic mass is 16.5. The third-order valence-corrected chi connectivity index (χ3v) is 3.32. The molecule has 0 amide bonds. The summed E-state index contributed by atoms with van der Waals surface area (Å²) in [4.78, 5) is 19.6. The van der Waals surface area contributed by atoms with Gasteiger partial charge < -0.3 is 9.64 Å². The molecule has 1 saturated heterocycles. The van der Waals surface area contributed by atoms with E-state index in [0.717, 1.165) is 29.6 Å². The molecule has 1 aliphatic heterocycles. The maximum atomic E-state index is 5.59. The molecule has 3 heterocycles. The summed E-state index contributed by atoms with van der Waals surface area (Å²) >= 11 is 0. The number of rotatable bonds is 2. The van der Waals surface area contributed by atoms with Crippen molar-refractivity contribution in [3.63, 3.8) is 0 Å². The predicted octanol–water partition coefficient (Wildman–Crippen LogP) is 1.46. The van der Waals surface area contributed by atoms with Gasteiger partial charge in [0.25, 0.3) is 0 Å². The van der Waals surface area contributed by atoms with E-state index in [1.807, 2.05) is 26.0 Å². The lowest BCUT2D eigenvalue weighted by molar-refractivity contribution is 0.0912. The third-order valence-electron chi connectivity index (χ3n) is 3.32. The van der Waals surface area contributed by atoms with Crippen molar-refractivity contribution in [3.8, 4) is 0 Å². The van der Waals surface area contributed by atoms with Crippen molar-refractivity contribution in [1.29, 1.82) is 0 Å². The molecule has 0 aromatic carbocycles. The van der Waals surface area contributed by atoms with Gasteiger partial charge in [-0.3, -0.25) is 0 Å². The average Bonchev–Trinajstić information content (AvgIpc) is 2.47. The van der Waals surface area contributed by atoms with E-state index < -0.39 is 0 Å². The van der Waals surface area contributed by atoms with Gasteiger partial charge in [-0.05, 0) is 19.9 Å². The van der Waals surface area contributed by atoms with Gasteiger partial charge in [-0.1, -0.05) is 0 Å². The number of anilines is 1. The first kappa shape index (κ1) is 12.9. The summed E-state index contributed by atoms with van der Waals surface area (Å²) < 4.78 is 5.59. The fourth-order valence-electron chi connectivity index (χ4n) is 2.32.